The van der Waals surface area contributed by atoms with Crippen LogP contribution in [-0.2, 0) is 27.9 Å². The number of carboxylic acids is 1. The molecule has 1 aliphatic carbocycles. The van der Waals surface area contributed by atoms with Crippen LogP contribution in [0.3, 0.4) is 0 Å². The average Bonchev–Trinajstić information content (AvgIpc) is 3.32. The molecule has 0 saturated heterocycles. The number of carbonyl (C=O) groups is 1. The van der Waals surface area contributed by atoms with Gasteiger partial charge in [-0.2, -0.15) is 4.31 Å². The van der Waals surface area contributed by atoms with Gasteiger partial charge in [-0.15, -0.1) is 11.3 Å². The van der Waals surface area contributed by atoms with Crippen molar-refractivity contribution in [3.8, 4) is 11.3 Å². The minimum atomic E-state index is -3.87. The van der Waals surface area contributed by atoms with Gasteiger partial charge in [0.25, 0.3) is 0 Å². The first kappa shape index (κ1) is 28.3. The Morgan fingerprint density at radius 3 is 2.26 bits per heavy atom. The predicted octanol–water partition coefficient (Wildman–Crippen LogP) is 5.98. The second-order valence-corrected chi connectivity index (χ2v) is 14.1. The number of sulfonamides is 1. The Kier molecular flexibility index (Phi) is 8.59. The maximum atomic E-state index is 12.1. The summed E-state index contributed by atoms with van der Waals surface area (Å²) >= 11 is 1.36. The van der Waals surface area contributed by atoms with E-state index in [1.807, 2.05) is 17.5 Å². The van der Waals surface area contributed by atoms with Crippen LogP contribution in [0.25, 0.3) is 11.3 Å². The predicted molar refractivity (Wildman–Crippen MR) is 154 cm³/mol. The van der Waals surface area contributed by atoms with Crippen molar-refractivity contribution < 1.29 is 18.3 Å². The minimum absolute atomic E-state index is 0.0403. The summed E-state index contributed by atoms with van der Waals surface area (Å²) in [4.78, 5) is 17.6. The summed E-state index contributed by atoms with van der Waals surface area (Å²) in [5.74, 6) is -1.62. The molecule has 7 nitrogen and oxygen atoms in total. The SMILES string of the molecule is CN(Cc1ccc(C2CCC(C)(C)CC2)cc1)c1ccc(-c2csc(CN(C)S(=O)(=O)CC(=O)O)n2)cc1. The zero-order valence-corrected chi connectivity index (χ0v) is 24.2. The molecule has 2 aromatic carbocycles. The highest BCUT2D eigenvalue weighted by Gasteiger charge is 2.27. The fourth-order valence-corrected chi connectivity index (χ4v) is 6.74. The number of benzene rings is 2. The molecule has 1 N–H and O–H groups in total. The van der Waals surface area contributed by atoms with Crippen molar-refractivity contribution in [2.45, 2.75) is 58.5 Å². The topological polar surface area (TPSA) is 90.8 Å². The molecule has 0 radical (unpaired) electrons. The van der Waals surface area contributed by atoms with Crippen molar-refractivity contribution in [2.75, 3.05) is 24.7 Å². The Morgan fingerprint density at radius 1 is 1.03 bits per heavy atom. The number of rotatable bonds is 10. The van der Waals surface area contributed by atoms with E-state index >= 15 is 0 Å². The van der Waals surface area contributed by atoms with Crippen LogP contribution in [0.15, 0.2) is 53.9 Å². The van der Waals surface area contributed by atoms with Crippen molar-refractivity contribution in [3.63, 3.8) is 0 Å². The summed E-state index contributed by atoms with van der Waals surface area (Å²) in [5.41, 5.74) is 6.04. The van der Waals surface area contributed by atoms with Gasteiger partial charge in [0, 0.05) is 37.3 Å². The van der Waals surface area contributed by atoms with E-state index in [9.17, 15) is 13.2 Å². The molecule has 1 heterocycles. The summed E-state index contributed by atoms with van der Waals surface area (Å²) in [5, 5.41) is 11.3. The summed E-state index contributed by atoms with van der Waals surface area (Å²) < 4.78 is 25.2. The monoisotopic (exact) mass is 555 g/mol. The lowest BCUT2D eigenvalue weighted by atomic mass is 9.71. The third kappa shape index (κ3) is 7.21. The highest BCUT2D eigenvalue weighted by Crippen LogP contribution is 2.42. The molecule has 204 valence electrons. The van der Waals surface area contributed by atoms with Crippen molar-refractivity contribution in [3.05, 3.63) is 70.0 Å². The Balaban J connectivity index is 1.34. The third-order valence-corrected chi connectivity index (χ3v) is 10.0. The van der Waals surface area contributed by atoms with E-state index < -0.39 is 21.7 Å². The number of aliphatic carboxylic acids is 1. The van der Waals surface area contributed by atoms with Gasteiger partial charge >= 0.3 is 5.97 Å². The van der Waals surface area contributed by atoms with Crippen LogP contribution < -0.4 is 4.90 Å². The molecule has 0 bridgehead atoms. The summed E-state index contributed by atoms with van der Waals surface area (Å²) in [7, 11) is -0.419. The van der Waals surface area contributed by atoms with Crippen molar-refractivity contribution >= 4 is 33.0 Å². The van der Waals surface area contributed by atoms with Crippen molar-refractivity contribution in [1.82, 2.24) is 9.29 Å². The van der Waals surface area contributed by atoms with Crippen LogP contribution in [0, 0.1) is 5.41 Å². The number of thiazole rings is 1. The lowest BCUT2D eigenvalue weighted by Gasteiger charge is -2.34. The molecule has 1 saturated carbocycles. The van der Waals surface area contributed by atoms with Crippen LogP contribution in [-0.4, -0.2) is 48.6 Å². The van der Waals surface area contributed by atoms with Gasteiger partial charge in [0.15, 0.2) is 5.75 Å². The van der Waals surface area contributed by atoms with Gasteiger partial charge in [0.2, 0.25) is 10.0 Å². The van der Waals surface area contributed by atoms with Gasteiger partial charge in [-0.3, -0.25) is 4.79 Å². The van der Waals surface area contributed by atoms with Crippen molar-refractivity contribution in [2.24, 2.45) is 5.41 Å². The maximum Gasteiger partial charge on any atom is 0.320 e. The molecule has 0 spiro atoms. The van der Waals surface area contributed by atoms with Crippen LogP contribution in [0.4, 0.5) is 5.69 Å². The molecule has 9 heteroatoms. The van der Waals surface area contributed by atoms with E-state index in [0.29, 0.717) is 16.3 Å². The number of anilines is 1. The lowest BCUT2D eigenvalue weighted by Crippen LogP contribution is -2.31. The van der Waals surface area contributed by atoms with Gasteiger partial charge in [-0.25, -0.2) is 13.4 Å². The maximum absolute atomic E-state index is 12.1. The zero-order valence-electron chi connectivity index (χ0n) is 22.6. The second-order valence-electron chi connectivity index (χ2n) is 11.1. The molecule has 0 aliphatic heterocycles. The summed E-state index contributed by atoms with van der Waals surface area (Å²) in [6.45, 7) is 5.61. The Morgan fingerprint density at radius 2 is 1.66 bits per heavy atom. The molecule has 1 fully saturated rings. The van der Waals surface area contributed by atoms with E-state index in [-0.39, 0.29) is 6.54 Å². The normalized spacial score (nSPS) is 16.0. The molecule has 1 aliphatic rings. The van der Waals surface area contributed by atoms with E-state index in [1.165, 1.54) is 55.2 Å². The number of nitrogens with zero attached hydrogens (tertiary/aromatic N) is 3. The highest BCUT2D eigenvalue weighted by atomic mass is 32.2. The Bertz CT molecular complexity index is 1340. The molecular weight excluding hydrogens is 518 g/mol. The molecule has 38 heavy (non-hydrogen) atoms. The summed E-state index contributed by atoms with van der Waals surface area (Å²) in [6, 6.07) is 17.3. The fourth-order valence-electron chi connectivity index (χ4n) is 4.95. The highest BCUT2D eigenvalue weighted by molar-refractivity contribution is 7.89. The van der Waals surface area contributed by atoms with Gasteiger partial charge in [0.1, 0.15) is 5.01 Å². The minimum Gasteiger partial charge on any atom is -0.480 e. The van der Waals surface area contributed by atoms with Gasteiger partial charge in [-0.1, -0.05) is 50.2 Å². The third-order valence-electron chi connectivity index (χ3n) is 7.50. The van der Waals surface area contributed by atoms with Crippen molar-refractivity contribution in [1.29, 1.82) is 0 Å². The number of hydrogen-bond acceptors (Lipinski definition) is 6. The van der Waals surface area contributed by atoms with E-state index in [0.717, 1.165) is 27.8 Å². The van der Waals surface area contributed by atoms with Gasteiger partial charge < -0.3 is 10.0 Å². The van der Waals surface area contributed by atoms with Crippen LogP contribution in [0.2, 0.25) is 0 Å². The van der Waals surface area contributed by atoms with Gasteiger partial charge in [0.05, 0.1) is 12.2 Å². The quantitative estimate of drug-likeness (QED) is 0.331. The number of hydrogen-bond donors (Lipinski definition) is 1. The van der Waals surface area contributed by atoms with E-state index in [4.69, 9.17) is 5.11 Å². The fraction of sp³-hybridized carbons (Fsp3) is 0.448. The molecule has 0 amide bonds. The van der Waals surface area contributed by atoms with Crippen LogP contribution in [0.1, 0.15) is 61.6 Å². The molecule has 1 aromatic heterocycles. The molecule has 3 aromatic rings. The zero-order chi connectivity index (χ0) is 27.5. The number of aromatic nitrogens is 1. The standard InChI is InChI=1S/C29H37N3O4S2/c1-29(2)15-13-23(14-16-29)22-7-5-21(6-8-22)17-31(3)25-11-9-24(10-12-25)26-19-37-27(30-26)18-32(4)38(35,36)20-28(33)34/h5-12,19,23H,13-18,20H2,1-4H3,(H,33,34). The van der Waals surface area contributed by atoms with Crippen LogP contribution >= 0.6 is 11.3 Å². The first-order valence-electron chi connectivity index (χ1n) is 12.9. The van der Waals surface area contributed by atoms with E-state index in [2.05, 4.69) is 67.2 Å². The summed E-state index contributed by atoms with van der Waals surface area (Å²) in [6.07, 6.45) is 5.15. The van der Waals surface area contributed by atoms with Gasteiger partial charge in [-0.05, 0) is 60.3 Å². The molecular formula is C29H37N3O4S2. The molecule has 0 atom stereocenters. The molecule has 0 unspecified atom stereocenters. The van der Waals surface area contributed by atoms with E-state index in [1.54, 1.807) is 0 Å². The second kappa shape index (κ2) is 11.6. The Labute approximate surface area is 230 Å². The Hall–Kier alpha value is -2.75. The number of carboxylic acid groups (broad SMARTS) is 1. The lowest BCUT2D eigenvalue weighted by molar-refractivity contribution is -0.134. The smallest absolute Gasteiger partial charge is 0.320 e. The first-order chi connectivity index (χ1) is 17.9. The first-order valence-corrected chi connectivity index (χ1v) is 15.4. The average molecular weight is 556 g/mol. The van der Waals surface area contributed by atoms with Crippen LogP contribution in [0.5, 0.6) is 0 Å². The molecule has 4 rings (SSSR count). The largest absolute Gasteiger partial charge is 0.480 e.